The van der Waals surface area contributed by atoms with E-state index in [1.54, 1.807) is 0 Å². The summed E-state index contributed by atoms with van der Waals surface area (Å²) in [7, 11) is 0. The monoisotopic (exact) mass is 296 g/mol. The van der Waals surface area contributed by atoms with Crippen molar-refractivity contribution in [2.24, 2.45) is 0 Å². The Labute approximate surface area is 121 Å². The third kappa shape index (κ3) is 4.16. The molecule has 1 saturated carbocycles. The van der Waals surface area contributed by atoms with E-state index < -0.39 is 23.4 Å². The van der Waals surface area contributed by atoms with E-state index in [1.165, 1.54) is 6.07 Å². The predicted octanol–water partition coefficient (Wildman–Crippen LogP) is 1.95. The standard InChI is InChI=1S/C14H17FN2O4/c15-12-6-3-9(7-11(12)13(19)20)17-14(21)16-8-1-4-10(18)5-2-8/h3,6-8,10,18H,1-2,4-5H2,(H,19,20)(H2,16,17,21). The zero-order chi connectivity index (χ0) is 15.4. The van der Waals surface area contributed by atoms with Crippen LogP contribution in [0.2, 0.25) is 0 Å². The molecule has 114 valence electrons. The van der Waals surface area contributed by atoms with Gasteiger partial charge in [-0.15, -0.1) is 0 Å². The average Bonchev–Trinajstić information content (AvgIpc) is 2.43. The fraction of sp³-hybridized carbons (Fsp3) is 0.429. The topological polar surface area (TPSA) is 98.7 Å². The third-order valence-electron chi connectivity index (χ3n) is 3.49. The Bertz CT molecular complexity index is 542. The molecular weight excluding hydrogens is 279 g/mol. The molecule has 0 bridgehead atoms. The van der Waals surface area contributed by atoms with Gasteiger partial charge in [-0.25, -0.2) is 14.0 Å². The maximum Gasteiger partial charge on any atom is 0.338 e. The summed E-state index contributed by atoms with van der Waals surface area (Å²) in [4.78, 5) is 22.6. The van der Waals surface area contributed by atoms with Crippen LogP contribution in [0.4, 0.5) is 14.9 Å². The summed E-state index contributed by atoms with van der Waals surface area (Å²) < 4.78 is 13.2. The normalized spacial score (nSPS) is 21.6. The van der Waals surface area contributed by atoms with Crippen molar-refractivity contribution < 1.29 is 24.2 Å². The maximum absolute atomic E-state index is 13.2. The molecule has 2 rings (SSSR count). The van der Waals surface area contributed by atoms with Crippen molar-refractivity contribution in [1.29, 1.82) is 0 Å². The van der Waals surface area contributed by atoms with Crippen LogP contribution >= 0.6 is 0 Å². The molecule has 4 N–H and O–H groups in total. The molecule has 1 aromatic carbocycles. The van der Waals surface area contributed by atoms with Gasteiger partial charge in [0.15, 0.2) is 0 Å². The van der Waals surface area contributed by atoms with Gasteiger partial charge in [-0.05, 0) is 43.9 Å². The van der Waals surface area contributed by atoms with Crippen molar-refractivity contribution in [1.82, 2.24) is 5.32 Å². The number of urea groups is 1. The lowest BCUT2D eigenvalue weighted by molar-refractivity contribution is 0.0692. The number of carbonyl (C=O) groups is 2. The maximum atomic E-state index is 13.2. The summed E-state index contributed by atoms with van der Waals surface area (Å²) in [6, 6.07) is 2.87. The van der Waals surface area contributed by atoms with Crippen LogP contribution in [0.25, 0.3) is 0 Å². The minimum atomic E-state index is -1.39. The summed E-state index contributed by atoms with van der Waals surface area (Å²) >= 11 is 0. The lowest BCUT2D eigenvalue weighted by Crippen LogP contribution is -2.40. The second-order valence-corrected chi connectivity index (χ2v) is 5.10. The number of halogens is 1. The molecule has 6 nitrogen and oxygen atoms in total. The van der Waals surface area contributed by atoms with E-state index in [0.29, 0.717) is 25.7 Å². The van der Waals surface area contributed by atoms with Gasteiger partial charge in [0.05, 0.1) is 11.7 Å². The van der Waals surface area contributed by atoms with Crippen molar-refractivity contribution in [3.05, 3.63) is 29.6 Å². The number of aliphatic hydroxyl groups is 1. The molecule has 0 spiro atoms. The molecule has 0 radical (unpaired) electrons. The number of carboxylic acid groups (broad SMARTS) is 1. The fourth-order valence-electron chi connectivity index (χ4n) is 2.34. The fourth-order valence-corrected chi connectivity index (χ4v) is 2.34. The number of aromatic carboxylic acids is 1. The lowest BCUT2D eigenvalue weighted by atomic mass is 9.93. The Hall–Kier alpha value is -2.15. The number of nitrogens with one attached hydrogen (secondary N) is 2. The number of anilines is 1. The summed E-state index contributed by atoms with van der Waals surface area (Å²) in [5.74, 6) is -2.24. The first kappa shape index (κ1) is 15.2. The quantitative estimate of drug-likeness (QED) is 0.685. The highest BCUT2D eigenvalue weighted by Gasteiger charge is 2.21. The van der Waals surface area contributed by atoms with Crippen LogP contribution in [0.3, 0.4) is 0 Å². The number of aliphatic hydroxyl groups excluding tert-OH is 1. The Kier molecular flexibility index (Phi) is 4.74. The molecule has 7 heteroatoms. The van der Waals surface area contributed by atoms with Crippen molar-refractivity contribution in [3.8, 4) is 0 Å². The highest BCUT2D eigenvalue weighted by atomic mass is 19.1. The zero-order valence-electron chi connectivity index (χ0n) is 11.3. The molecule has 0 aromatic heterocycles. The van der Waals surface area contributed by atoms with Crippen molar-refractivity contribution in [3.63, 3.8) is 0 Å². The van der Waals surface area contributed by atoms with Gasteiger partial charge in [0.2, 0.25) is 0 Å². The molecule has 0 unspecified atom stereocenters. The average molecular weight is 296 g/mol. The van der Waals surface area contributed by atoms with E-state index in [2.05, 4.69) is 10.6 Å². The smallest absolute Gasteiger partial charge is 0.338 e. The molecule has 1 aliphatic carbocycles. The van der Waals surface area contributed by atoms with Gasteiger partial charge in [-0.2, -0.15) is 0 Å². The van der Waals surface area contributed by atoms with Crippen LogP contribution in [-0.4, -0.2) is 34.4 Å². The van der Waals surface area contributed by atoms with Gasteiger partial charge in [0.1, 0.15) is 5.82 Å². The van der Waals surface area contributed by atoms with Gasteiger partial charge >= 0.3 is 12.0 Å². The molecule has 1 aliphatic rings. The van der Waals surface area contributed by atoms with Crippen LogP contribution in [0, 0.1) is 5.82 Å². The van der Waals surface area contributed by atoms with E-state index in [0.717, 1.165) is 12.1 Å². The zero-order valence-corrected chi connectivity index (χ0v) is 11.3. The van der Waals surface area contributed by atoms with Crippen LogP contribution in [0.5, 0.6) is 0 Å². The van der Waals surface area contributed by atoms with Crippen molar-refractivity contribution >= 4 is 17.7 Å². The minimum Gasteiger partial charge on any atom is -0.478 e. The van der Waals surface area contributed by atoms with E-state index in [4.69, 9.17) is 5.11 Å². The number of benzene rings is 1. The molecule has 1 aromatic rings. The molecule has 0 saturated heterocycles. The molecule has 0 aliphatic heterocycles. The molecule has 21 heavy (non-hydrogen) atoms. The predicted molar refractivity (Wildman–Crippen MR) is 73.8 cm³/mol. The first-order valence-corrected chi connectivity index (χ1v) is 6.74. The van der Waals surface area contributed by atoms with Gasteiger partial charge in [-0.3, -0.25) is 0 Å². The van der Waals surface area contributed by atoms with Crippen LogP contribution in [-0.2, 0) is 0 Å². The van der Waals surface area contributed by atoms with E-state index in [9.17, 15) is 19.1 Å². The highest BCUT2D eigenvalue weighted by molar-refractivity contribution is 5.93. The van der Waals surface area contributed by atoms with Gasteiger partial charge < -0.3 is 20.8 Å². The first-order chi connectivity index (χ1) is 9.95. The van der Waals surface area contributed by atoms with Gasteiger partial charge in [-0.1, -0.05) is 0 Å². The first-order valence-electron chi connectivity index (χ1n) is 6.74. The Morgan fingerprint density at radius 2 is 1.86 bits per heavy atom. The van der Waals surface area contributed by atoms with Crippen LogP contribution in [0.1, 0.15) is 36.0 Å². The Morgan fingerprint density at radius 3 is 2.48 bits per heavy atom. The number of rotatable bonds is 3. The van der Waals surface area contributed by atoms with Crippen LogP contribution < -0.4 is 10.6 Å². The number of carbonyl (C=O) groups excluding carboxylic acids is 1. The molecule has 2 amide bonds. The van der Waals surface area contributed by atoms with Crippen LogP contribution in [0.15, 0.2) is 18.2 Å². The van der Waals surface area contributed by atoms with E-state index in [-0.39, 0.29) is 17.8 Å². The molecule has 0 atom stereocenters. The number of hydrogen-bond donors (Lipinski definition) is 4. The largest absolute Gasteiger partial charge is 0.478 e. The Balaban J connectivity index is 1.93. The SMILES string of the molecule is O=C(Nc1ccc(F)c(C(=O)O)c1)NC1CCC(O)CC1. The molecule has 0 heterocycles. The summed E-state index contributed by atoms with van der Waals surface area (Å²) in [6.45, 7) is 0. The number of hydrogen-bond acceptors (Lipinski definition) is 3. The van der Waals surface area contributed by atoms with Gasteiger partial charge in [0.25, 0.3) is 0 Å². The van der Waals surface area contributed by atoms with E-state index >= 15 is 0 Å². The molecular formula is C14H17FN2O4. The highest BCUT2D eigenvalue weighted by Crippen LogP contribution is 2.19. The number of carboxylic acids is 1. The second kappa shape index (κ2) is 6.53. The lowest BCUT2D eigenvalue weighted by Gasteiger charge is -2.26. The Morgan fingerprint density at radius 1 is 1.19 bits per heavy atom. The summed E-state index contributed by atoms with van der Waals surface area (Å²) in [5.41, 5.74) is -0.282. The van der Waals surface area contributed by atoms with Gasteiger partial charge in [0, 0.05) is 11.7 Å². The molecule has 1 fully saturated rings. The van der Waals surface area contributed by atoms with E-state index in [1.807, 2.05) is 0 Å². The van der Waals surface area contributed by atoms with Crippen molar-refractivity contribution in [2.45, 2.75) is 37.8 Å². The minimum absolute atomic E-state index is 0.0206. The number of amides is 2. The second-order valence-electron chi connectivity index (χ2n) is 5.10. The summed E-state index contributed by atoms with van der Waals surface area (Å²) in [6.07, 6.45) is 2.37. The third-order valence-corrected chi connectivity index (χ3v) is 3.49. The van der Waals surface area contributed by atoms with Crippen molar-refractivity contribution in [2.75, 3.05) is 5.32 Å². The summed E-state index contributed by atoms with van der Waals surface area (Å²) in [5, 5.41) is 23.4.